The van der Waals surface area contributed by atoms with E-state index in [0.29, 0.717) is 23.5 Å². The largest absolute Gasteiger partial charge is 0.496 e. The molecule has 0 heterocycles. The van der Waals surface area contributed by atoms with E-state index < -0.39 is 12.1 Å². The van der Waals surface area contributed by atoms with Crippen molar-refractivity contribution in [2.45, 2.75) is 32.1 Å². The van der Waals surface area contributed by atoms with Crippen LogP contribution in [0.2, 0.25) is 0 Å². The zero-order valence-corrected chi connectivity index (χ0v) is 18.7. The second kappa shape index (κ2) is 13.1. The molecule has 0 amide bonds. The van der Waals surface area contributed by atoms with E-state index in [0.717, 1.165) is 0 Å². The minimum Gasteiger partial charge on any atom is -0.496 e. The number of carbonyl (C=O) groups is 1. The van der Waals surface area contributed by atoms with Crippen LogP contribution >= 0.6 is 0 Å². The van der Waals surface area contributed by atoms with Gasteiger partial charge in [0.1, 0.15) is 11.5 Å². The van der Waals surface area contributed by atoms with Gasteiger partial charge in [-0.15, -0.1) is 0 Å². The van der Waals surface area contributed by atoms with Gasteiger partial charge in [-0.2, -0.15) is 0 Å². The van der Waals surface area contributed by atoms with Crippen LogP contribution in [-0.4, -0.2) is 36.4 Å². The molecular formula is C26H31NO5. The Morgan fingerprint density at radius 1 is 0.969 bits per heavy atom. The molecule has 3 aromatic carbocycles. The molecule has 1 unspecified atom stereocenters. The SMILES string of the molecule is CCC(Oc1ccc(CO)c(OC)c1)C(=O)O.CNC(c1ccccc1)c1ccccc1. The summed E-state index contributed by atoms with van der Waals surface area (Å²) in [6, 6.07) is 26.1. The van der Waals surface area contributed by atoms with Crippen LogP contribution in [0, 0.1) is 0 Å². The van der Waals surface area contributed by atoms with Gasteiger partial charge in [0, 0.05) is 11.6 Å². The summed E-state index contributed by atoms with van der Waals surface area (Å²) < 4.78 is 10.4. The average molecular weight is 438 g/mol. The molecule has 0 fully saturated rings. The lowest BCUT2D eigenvalue weighted by Gasteiger charge is -2.16. The van der Waals surface area contributed by atoms with Crippen molar-refractivity contribution in [2.24, 2.45) is 0 Å². The van der Waals surface area contributed by atoms with Crippen molar-refractivity contribution in [3.63, 3.8) is 0 Å². The van der Waals surface area contributed by atoms with Crippen LogP contribution in [0.1, 0.15) is 36.1 Å². The minimum absolute atomic E-state index is 0.139. The molecule has 0 aliphatic rings. The molecule has 32 heavy (non-hydrogen) atoms. The lowest BCUT2D eigenvalue weighted by atomic mass is 9.99. The number of hydrogen-bond donors (Lipinski definition) is 3. The monoisotopic (exact) mass is 437 g/mol. The molecular weight excluding hydrogens is 406 g/mol. The number of carboxylic acids is 1. The van der Waals surface area contributed by atoms with E-state index in [-0.39, 0.29) is 12.6 Å². The van der Waals surface area contributed by atoms with E-state index in [1.54, 1.807) is 25.1 Å². The molecule has 0 spiro atoms. The van der Waals surface area contributed by atoms with Gasteiger partial charge in [0.05, 0.1) is 19.8 Å². The summed E-state index contributed by atoms with van der Waals surface area (Å²) >= 11 is 0. The fourth-order valence-electron chi connectivity index (χ4n) is 3.22. The first-order chi connectivity index (χ1) is 15.5. The van der Waals surface area contributed by atoms with Crippen molar-refractivity contribution in [2.75, 3.05) is 14.2 Å². The van der Waals surface area contributed by atoms with Crippen molar-refractivity contribution in [3.05, 3.63) is 95.6 Å². The van der Waals surface area contributed by atoms with Crippen LogP contribution in [-0.2, 0) is 11.4 Å². The predicted octanol–water partition coefficient (Wildman–Crippen LogP) is 4.42. The first-order valence-corrected chi connectivity index (χ1v) is 10.5. The molecule has 6 nitrogen and oxygen atoms in total. The molecule has 170 valence electrons. The van der Waals surface area contributed by atoms with Gasteiger partial charge in [-0.1, -0.05) is 67.6 Å². The van der Waals surface area contributed by atoms with Gasteiger partial charge in [0.15, 0.2) is 6.10 Å². The number of hydrogen-bond acceptors (Lipinski definition) is 5. The maximum atomic E-state index is 10.8. The molecule has 3 aromatic rings. The number of nitrogens with one attached hydrogen (secondary N) is 1. The second-order valence-corrected chi connectivity index (χ2v) is 7.03. The van der Waals surface area contributed by atoms with E-state index in [1.165, 1.54) is 18.2 Å². The van der Waals surface area contributed by atoms with Gasteiger partial charge in [-0.3, -0.25) is 0 Å². The highest BCUT2D eigenvalue weighted by atomic mass is 16.5. The number of carboxylic acid groups (broad SMARTS) is 1. The van der Waals surface area contributed by atoms with Crippen LogP contribution in [0.4, 0.5) is 0 Å². The quantitative estimate of drug-likeness (QED) is 0.459. The molecule has 0 aromatic heterocycles. The molecule has 0 saturated carbocycles. The van der Waals surface area contributed by atoms with Crippen molar-refractivity contribution in [3.8, 4) is 11.5 Å². The topological polar surface area (TPSA) is 88.0 Å². The van der Waals surface area contributed by atoms with Crippen molar-refractivity contribution in [1.82, 2.24) is 5.32 Å². The number of methoxy groups -OCH3 is 1. The van der Waals surface area contributed by atoms with Gasteiger partial charge in [0.2, 0.25) is 0 Å². The molecule has 6 heteroatoms. The Labute approximate surface area is 189 Å². The highest BCUT2D eigenvalue weighted by Gasteiger charge is 2.17. The Kier molecular flexibility index (Phi) is 10.2. The Hall–Kier alpha value is -3.35. The fraction of sp³-hybridized carbons (Fsp3) is 0.269. The molecule has 0 aliphatic heterocycles. The summed E-state index contributed by atoms with van der Waals surface area (Å²) in [7, 11) is 3.47. The Balaban J connectivity index is 0.000000228. The lowest BCUT2D eigenvalue weighted by molar-refractivity contribution is -0.145. The number of rotatable bonds is 9. The van der Waals surface area contributed by atoms with Crippen LogP contribution in [0.15, 0.2) is 78.9 Å². The molecule has 0 aliphatic carbocycles. The van der Waals surface area contributed by atoms with Crippen molar-refractivity contribution in [1.29, 1.82) is 0 Å². The first-order valence-electron chi connectivity index (χ1n) is 10.5. The van der Waals surface area contributed by atoms with Gasteiger partial charge < -0.3 is 25.0 Å². The first kappa shape index (κ1) is 24.9. The van der Waals surface area contributed by atoms with E-state index >= 15 is 0 Å². The average Bonchev–Trinajstić information content (AvgIpc) is 2.84. The summed E-state index contributed by atoms with van der Waals surface area (Å²) in [5.41, 5.74) is 3.22. The number of aliphatic hydroxyl groups is 1. The standard InChI is InChI=1S/C14H15N.C12H16O5/c1-15-14(12-8-4-2-5-9-12)13-10-6-3-7-11-13;1-3-10(12(14)15)17-9-5-4-8(7-13)11(6-9)16-2/h2-11,14-15H,1H3;4-6,10,13H,3,7H2,1-2H3,(H,14,15). The highest BCUT2D eigenvalue weighted by Crippen LogP contribution is 2.25. The Morgan fingerprint density at radius 3 is 1.94 bits per heavy atom. The molecule has 0 saturated heterocycles. The minimum atomic E-state index is -1.00. The molecule has 0 bridgehead atoms. The number of ether oxygens (including phenoxy) is 2. The Morgan fingerprint density at radius 2 is 1.53 bits per heavy atom. The summed E-state index contributed by atoms with van der Waals surface area (Å²) in [4.78, 5) is 10.8. The van der Waals surface area contributed by atoms with Crippen molar-refractivity contribution < 1.29 is 24.5 Å². The van der Waals surface area contributed by atoms with Crippen LogP contribution in [0.3, 0.4) is 0 Å². The molecule has 1 atom stereocenters. The Bertz CT molecular complexity index is 907. The third-order valence-corrected chi connectivity index (χ3v) is 4.91. The zero-order valence-electron chi connectivity index (χ0n) is 18.7. The van der Waals surface area contributed by atoms with E-state index in [2.05, 4.69) is 53.8 Å². The fourth-order valence-corrected chi connectivity index (χ4v) is 3.22. The highest BCUT2D eigenvalue weighted by molar-refractivity contribution is 5.72. The lowest BCUT2D eigenvalue weighted by Crippen LogP contribution is -2.25. The molecule has 0 radical (unpaired) electrons. The summed E-state index contributed by atoms with van der Waals surface area (Å²) in [5.74, 6) is -0.115. The maximum Gasteiger partial charge on any atom is 0.344 e. The summed E-state index contributed by atoms with van der Waals surface area (Å²) in [6.07, 6.45) is -0.501. The molecule has 3 rings (SSSR count). The van der Waals surface area contributed by atoms with Crippen LogP contribution in [0.5, 0.6) is 11.5 Å². The van der Waals surface area contributed by atoms with Gasteiger partial charge in [-0.05, 0) is 36.7 Å². The van der Waals surface area contributed by atoms with Gasteiger partial charge in [-0.25, -0.2) is 4.79 Å². The van der Waals surface area contributed by atoms with Crippen molar-refractivity contribution >= 4 is 5.97 Å². The number of aliphatic carboxylic acids is 1. The van der Waals surface area contributed by atoms with E-state index in [1.807, 2.05) is 19.2 Å². The van der Waals surface area contributed by atoms with Gasteiger partial charge >= 0.3 is 5.97 Å². The third-order valence-electron chi connectivity index (χ3n) is 4.91. The zero-order chi connectivity index (χ0) is 23.3. The third kappa shape index (κ3) is 7.11. The normalized spacial score (nSPS) is 11.3. The summed E-state index contributed by atoms with van der Waals surface area (Å²) in [5, 5.41) is 21.2. The van der Waals surface area contributed by atoms with E-state index in [4.69, 9.17) is 19.7 Å². The van der Waals surface area contributed by atoms with Gasteiger partial charge in [0.25, 0.3) is 0 Å². The smallest absolute Gasteiger partial charge is 0.344 e. The van der Waals surface area contributed by atoms with Crippen LogP contribution < -0.4 is 14.8 Å². The van der Waals surface area contributed by atoms with Crippen LogP contribution in [0.25, 0.3) is 0 Å². The van der Waals surface area contributed by atoms with E-state index in [9.17, 15) is 4.79 Å². The molecule has 3 N–H and O–H groups in total. The summed E-state index contributed by atoms with van der Waals surface area (Å²) in [6.45, 7) is 1.59. The number of aliphatic hydroxyl groups excluding tert-OH is 1. The second-order valence-electron chi connectivity index (χ2n) is 7.03. The maximum absolute atomic E-state index is 10.8. The predicted molar refractivity (Wildman–Crippen MR) is 125 cm³/mol. The number of benzene rings is 3.